The lowest BCUT2D eigenvalue weighted by molar-refractivity contribution is 0.854. The third-order valence-electron chi connectivity index (χ3n) is 2.30. The number of hydrogen-bond acceptors (Lipinski definition) is 3. The number of rotatable bonds is 6. The van der Waals surface area contributed by atoms with Gasteiger partial charge in [-0.3, -0.25) is 0 Å². The lowest BCUT2D eigenvalue weighted by atomic mass is 10.2. The molecule has 0 heterocycles. The molecular formula is C13H18N2S. The van der Waals surface area contributed by atoms with Crippen LogP contribution in [-0.4, -0.2) is 17.5 Å². The molecule has 1 unspecified atom stereocenters. The maximum absolute atomic E-state index is 9.02. The second kappa shape index (κ2) is 7.19. The first kappa shape index (κ1) is 12.9. The molecule has 1 N–H and O–H groups in total. The van der Waals surface area contributed by atoms with Crippen LogP contribution in [0.2, 0.25) is 0 Å². The average Bonchev–Trinajstić information content (AvgIpc) is 2.31. The molecule has 0 fully saturated rings. The van der Waals surface area contributed by atoms with Crippen LogP contribution in [0.3, 0.4) is 0 Å². The minimum absolute atomic E-state index is 0.0817. The van der Waals surface area contributed by atoms with E-state index < -0.39 is 0 Å². The first-order chi connectivity index (χ1) is 7.76. The van der Waals surface area contributed by atoms with E-state index >= 15 is 0 Å². The van der Waals surface area contributed by atoms with Crippen molar-refractivity contribution < 1.29 is 0 Å². The molecule has 0 saturated carbocycles. The van der Waals surface area contributed by atoms with Gasteiger partial charge >= 0.3 is 0 Å². The second-order valence-corrected chi connectivity index (χ2v) is 5.07. The van der Waals surface area contributed by atoms with Gasteiger partial charge in [0.25, 0.3) is 0 Å². The topological polar surface area (TPSA) is 35.8 Å². The van der Waals surface area contributed by atoms with E-state index in [9.17, 15) is 0 Å². The molecule has 0 aliphatic heterocycles. The molecule has 0 amide bonds. The molecule has 0 aliphatic carbocycles. The standard InChI is InChI=1S/C13H18N2S/c1-3-16-9-8-13(10-14)15-12-6-4-11(2)5-7-12/h4-7,13,15H,3,8-9H2,1-2H3. The van der Waals surface area contributed by atoms with Gasteiger partial charge in [0.05, 0.1) is 6.07 Å². The van der Waals surface area contributed by atoms with Crippen LogP contribution in [0.4, 0.5) is 5.69 Å². The Morgan fingerprint density at radius 3 is 2.62 bits per heavy atom. The summed E-state index contributed by atoms with van der Waals surface area (Å²) in [7, 11) is 0. The van der Waals surface area contributed by atoms with Crippen LogP contribution in [0, 0.1) is 18.3 Å². The monoisotopic (exact) mass is 234 g/mol. The average molecular weight is 234 g/mol. The van der Waals surface area contributed by atoms with Gasteiger partial charge in [-0.1, -0.05) is 24.6 Å². The van der Waals surface area contributed by atoms with Gasteiger partial charge in [0.15, 0.2) is 0 Å². The molecule has 2 nitrogen and oxygen atoms in total. The molecule has 0 saturated heterocycles. The summed E-state index contributed by atoms with van der Waals surface area (Å²) in [5, 5.41) is 12.3. The molecular weight excluding hydrogens is 216 g/mol. The fourth-order valence-corrected chi connectivity index (χ4v) is 2.06. The quantitative estimate of drug-likeness (QED) is 0.766. The minimum atomic E-state index is -0.0817. The summed E-state index contributed by atoms with van der Waals surface area (Å²) in [4.78, 5) is 0. The molecule has 3 heteroatoms. The molecule has 1 atom stereocenters. The van der Waals surface area contributed by atoms with Crippen molar-refractivity contribution in [1.29, 1.82) is 5.26 Å². The van der Waals surface area contributed by atoms with Crippen LogP contribution in [0.15, 0.2) is 24.3 Å². The Bertz CT molecular complexity index is 340. The predicted molar refractivity (Wildman–Crippen MR) is 71.8 cm³/mol. The second-order valence-electron chi connectivity index (χ2n) is 3.68. The van der Waals surface area contributed by atoms with Crippen LogP contribution in [0.5, 0.6) is 0 Å². The van der Waals surface area contributed by atoms with E-state index in [2.05, 4.69) is 37.4 Å². The summed E-state index contributed by atoms with van der Waals surface area (Å²) in [5.74, 6) is 2.15. The molecule has 0 spiro atoms. The fraction of sp³-hybridized carbons (Fsp3) is 0.462. The highest BCUT2D eigenvalue weighted by Crippen LogP contribution is 2.12. The molecule has 1 rings (SSSR count). The van der Waals surface area contributed by atoms with Gasteiger partial charge in [-0.25, -0.2) is 0 Å². The summed E-state index contributed by atoms with van der Waals surface area (Å²) in [6.07, 6.45) is 0.892. The van der Waals surface area contributed by atoms with Gasteiger partial charge in [-0.2, -0.15) is 17.0 Å². The van der Waals surface area contributed by atoms with Gasteiger partial charge < -0.3 is 5.32 Å². The third-order valence-corrected chi connectivity index (χ3v) is 3.24. The first-order valence-corrected chi connectivity index (χ1v) is 6.72. The predicted octanol–water partition coefficient (Wildman–Crippen LogP) is 3.44. The number of thioether (sulfide) groups is 1. The van der Waals surface area contributed by atoms with Gasteiger partial charge in [0, 0.05) is 5.69 Å². The van der Waals surface area contributed by atoms with Gasteiger partial charge in [-0.05, 0) is 37.0 Å². The lowest BCUT2D eigenvalue weighted by Gasteiger charge is -2.12. The molecule has 86 valence electrons. The minimum Gasteiger partial charge on any atom is -0.370 e. The van der Waals surface area contributed by atoms with Crippen LogP contribution >= 0.6 is 11.8 Å². The zero-order valence-electron chi connectivity index (χ0n) is 9.86. The van der Waals surface area contributed by atoms with Crippen molar-refractivity contribution in [3.8, 4) is 6.07 Å². The number of benzene rings is 1. The van der Waals surface area contributed by atoms with E-state index in [0.29, 0.717) is 0 Å². The Hall–Kier alpha value is -1.14. The Morgan fingerprint density at radius 1 is 1.38 bits per heavy atom. The lowest BCUT2D eigenvalue weighted by Crippen LogP contribution is -2.18. The van der Waals surface area contributed by atoms with E-state index in [4.69, 9.17) is 5.26 Å². The SMILES string of the molecule is CCSCCC(C#N)Nc1ccc(C)cc1. The number of nitrogens with zero attached hydrogens (tertiary/aromatic N) is 1. The van der Waals surface area contributed by atoms with E-state index in [0.717, 1.165) is 23.6 Å². The summed E-state index contributed by atoms with van der Waals surface area (Å²) >= 11 is 1.87. The Balaban J connectivity index is 2.44. The molecule has 1 aromatic rings. The number of nitriles is 1. The normalized spacial score (nSPS) is 11.8. The van der Waals surface area contributed by atoms with Crippen molar-refractivity contribution in [2.24, 2.45) is 0 Å². The van der Waals surface area contributed by atoms with E-state index in [1.165, 1.54) is 5.56 Å². The van der Waals surface area contributed by atoms with Crippen LogP contribution in [0.25, 0.3) is 0 Å². The van der Waals surface area contributed by atoms with Gasteiger partial charge in [0.2, 0.25) is 0 Å². The Kier molecular flexibility index (Phi) is 5.81. The molecule has 16 heavy (non-hydrogen) atoms. The molecule has 0 bridgehead atoms. The number of nitrogens with one attached hydrogen (secondary N) is 1. The van der Waals surface area contributed by atoms with Gasteiger partial charge in [-0.15, -0.1) is 0 Å². The summed E-state index contributed by atoms with van der Waals surface area (Å²) in [6.45, 7) is 4.20. The molecule has 1 aromatic carbocycles. The third kappa shape index (κ3) is 4.59. The highest BCUT2D eigenvalue weighted by Gasteiger charge is 2.06. The van der Waals surface area contributed by atoms with Crippen LogP contribution in [-0.2, 0) is 0 Å². The largest absolute Gasteiger partial charge is 0.370 e. The van der Waals surface area contributed by atoms with Crippen LogP contribution < -0.4 is 5.32 Å². The summed E-state index contributed by atoms with van der Waals surface area (Å²) < 4.78 is 0. The van der Waals surface area contributed by atoms with Crippen molar-refractivity contribution in [3.63, 3.8) is 0 Å². The molecule has 0 aromatic heterocycles. The first-order valence-electron chi connectivity index (χ1n) is 5.57. The highest BCUT2D eigenvalue weighted by atomic mass is 32.2. The smallest absolute Gasteiger partial charge is 0.115 e. The Labute approximate surface area is 102 Å². The summed E-state index contributed by atoms with van der Waals surface area (Å²) in [6, 6.07) is 10.4. The summed E-state index contributed by atoms with van der Waals surface area (Å²) in [5.41, 5.74) is 2.26. The highest BCUT2D eigenvalue weighted by molar-refractivity contribution is 7.99. The zero-order valence-corrected chi connectivity index (χ0v) is 10.7. The maximum atomic E-state index is 9.02. The van der Waals surface area contributed by atoms with Crippen LogP contribution in [0.1, 0.15) is 18.9 Å². The van der Waals surface area contributed by atoms with E-state index in [1.54, 1.807) is 0 Å². The van der Waals surface area contributed by atoms with E-state index in [1.807, 2.05) is 23.9 Å². The maximum Gasteiger partial charge on any atom is 0.115 e. The van der Waals surface area contributed by atoms with Crippen molar-refractivity contribution in [3.05, 3.63) is 29.8 Å². The Morgan fingerprint density at radius 2 is 2.06 bits per heavy atom. The van der Waals surface area contributed by atoms with Crippen molar-refractivity contribution in [2.45, 2.75) is 26.3 Å². The number of aryl methyl sites for hydroxylation is 1. The van der Waals surface area contributed by atoms with Crippen molar-refractivity contribution in [2.75, 3.05) is 16.8 Å². The molecule has 0 aliphatic rings. The number of hydrogen-bond donors (Lipinski definition) is 1. The fourth-order valence-electron chi connectivity index (χ4n) is 1.37. The number of anilines is 1. The zero-order chi connectivity index (χ0) is 11.8. The van der Waals surface area contributed by atoms with Crippen molar-refractivity contribution >= 4 is 17.4 Å². The van der Waals surface area contributed by atoms with E-state index in [-0.39, 0.29) is 6.04 Å². The van der Waals surface area contributed by atoms with Gasteiger partial charge in [0.1, 0.15) is 6.04 Å². The van der Waals surface area contributed by atoms with Crippen molar-refractivity contribution in [1.82, 2.24) is 0 Å². The molecule has 0 radical (unpaired) electrons.